The number of nitrogens with one attached hydrogen (secondary N) is 2. The highest BCUT2D eigenvalue weighted by Crippen LogP contribution is 2.34. The molecule has 0 aromatic carbocycles. The SMILES string of the molecule is CCCC1(C(=O)N2CC(=O)NC(=O)C2)CCCNC1. The van der Waals surface area contributed by atoms with Crippen LogP contribution in [0.1, 0.15) is 32.6 Å². The van der Waals surface area contributed by atoms with Gasteiger partial charge in [0.25, 0.3) is 0 Å². The molecule has 2 saturated heterocycles. The summed E-state index contributed by atoms with van der Waals surface area (Å²) >= 11 is 0. The van der Waals surface area contributed by atoms with Crippen LogP contribution in [-0.2, 0) is 14.4 Å². The van der Waals surface area contributed by atoms with E-state index in [-0.39, 0.29) is 30.8 Å². The Bertz CT molecular complexity index is 367. The lowest BCUT2D eigenvalue weighted by molar-refractivity contribution is -0.152. The van der Waals surface area contributed by atoms with Gasteiger partial charge in [0, 0.05) is 6.54 Å². The summed E-state index contributed by atoms with van der Waals surface area (Å²) in [5, 5.41) is 5.49. The van der Waals surface area contributed by atoms with E-state index in [4.69, 9.17) is 0 Å². The van der Waals surface area contributed by atoms with Crippen molar-refractivity contribution in [2.75, 3.05) is 26.2 Å². The van der Waals surface area contributed by atoms with Gasteiger partial charge in [0.1, 0.15) is 13.1 Å². The number of hydrogen-bond donors (Lipinski definition) is 2. The lowest BCUT2D eigenvalue weighted by Crippen LogP contribution is -2.59. The van der Waals surface area contributed by atoms with Crippen molar-refractivity contribution >= 4 is 17.7 Å². The first-order valence-corrected chi connectivity index (χ1v) is 6.90. The Morgan fingerprint density at radius 2 is 2.00 bits per heavy atom. The molecule has 0 saturated carbocycles. The molecule has 106 valence electrons. The summed E-state index contributed by atoms with van der Waals surface area (Å²) in [6, 6.07) is 0. The fourth-order valence-corrected chi connectivity index (χ4v) is 3.07. The Hall–Kier alpha value is -1.43. The smallest absolute Gasteiger partial charge is 0.246 e. The second kappa shape index (κ2) is 5.69. The molecule has 2 heterocycles. The van der Waals surface area contributed by atoms with E-state index in [1.807, 2.05) is 0 Å². The van der Waals surface area contributed by atoms with Gasteiger partial charge in [0.2, 0.25) is 17.7 Å². The first-order valence-electron chi connectivity index (χ1n) is 6.90. The zero-order chi connectivity index (χ0) is 13.9. The molecule has 0 aromatic rings. The van der Waals surface area contributed by atoms with E-state index >= 15 is 0 Å². The van der Waals surface area contributed by atoms with Crippen molar-refractivity contribution in [3.8, 4) is 0 Å². The third kappa shape index (κ3) is 2.94. The number of rotatable bonds is 3. The Labute approximate surface area is 112 Å². The molecule has 0 radical (unpaired) electrons. The van der Waals surface area contributed by atoms with Gasteiger partial charge in [-0.15, -0.1) is 0 Å². The highest BCUT2D eigenvalue weighted by molar-refractivity contribution is 6.03. The van der Waals surface area contributed by atoms with E-state index in [1.54, 1.807) is 0 Å². The molecule has 6 nitrogen and oxygen atoms in total. The molecule has 6 heteroatoms. The van der Waals surface area contributed by atoms with Crippen LogP contribution < -0.4 is 10.6 Å². The number of imide groups is 1. The summed E-state index contributed by atoms with van der Waals surface area (Å²) in [5.41, 5.74) is -0.440. The lowest BCUT2D eigenvalue weighted by Gasteiger charge is -2.40. The van der Waals surface area contributed by atoms with Crippen LogP contribution in [0.3, 0.4) is 0 Å². The van der Waals surface area contributed by atoms with Crippen molar-refractivity contribution in [3.05, 3.63) is 0 Å². The molecular weight excluding hydrogens is 246 g/mol. The maximum atomic E-state index is 12.7. The van der Waals surface area contributed by atoms with Crippen molar-refractivity contribution < 1.29 is 14.4 Å². The lowest BCUT2D eigenvalue weighted by atomic mass is 9.75. The van der Waals surface area contributed by atoms with Gasteiger partial charge < -0.3 is 10.2 Å². The van der Waals surface area contributed by atoms with Crippen molar-refractivity contribution in [2.45, 2.75) is 32.6 Å². The Kier molecular flexibility index (Phi) is 4.19. The van der Waals surface area contributed by atoms with Crippen LogP contribution in [0.5, 0.6) is 0 Å². The summed E-state index contributed by atoms with van der Waals surface area (Å²) in [7, 11) is 0. The highest BCUT2D eigenvalue weighted by atomic mass is 16.2. The van der Waals surface area contributed by atoms with Crippen LogP contribution in [0, 0.1) is 5.41 Å². The maximum absolute atomic E-state index is 12.7. The molecular formula is C13H21N3O3. The second-order valence-corrected chi connectivity index (χ2v) is 5.44. The molecule has 2 fully saturated rings. The van der Waals surface area contributed by atoms with Gasteiger partial charge in [0.05, 0.1) is 5.41 Å². The fraction of sp³-hybridized carbons (Fsp3) is 0.769. The summed E-state index contributed by atoms with van der Waals surface area (Å²) < 4.78 is 0. The number of piperazine rings is 1. The standard InChI is InChI=1S/C13H21N3O3/c1-2-4-13(5-3-6-14-9-13)12(19)16-7-10(17)15-11(18)8-16/h14H,2-9H2,1H3,(H,15,17,18). The van der Waals surface area contributed by atoms with Crippen LogP contribution in [0.15, 0.2) is 0 Å². The summed E-state index contributed by atoms with van der Waals surface area (Å²) in [6.45, 7) is 3.62. The number of amides is 3. The molecule has 2 aliphatic heterocycles. The molecule has 2 aliphatic rings. The monoisotopic (exact) mass is 267 g/mol. The molecule has 2 rings (SSSR count). The molecule has 0 spiro atoms. The third-order valence-electron chi connectivity index (χ3n) is 3.89. The van der Waals surface area contributed by atoms with E-state index in [9.17, 15) is 14.4 Å². The molecule has 1 unspecified atom stereocenters. The van der Waals surface area contributed by atoms with Gasteiger partial charge in [0.15, 0.2) is 0 Å². The zero-order valence-corrected chi connectivity index (χ0v) is 11.3. The van der Waals surface area contributed by atoms with Gasteiger partial charge in [-0.3, -0.25) is 19.7 Å². The maximum Gasteiger partial charge on any atom is 0.246 e. The van der Waals surface area contributed by atoms with Gasteiger partial charge in [-0.25, -0.2) is 0 Å². The van der Waals surface area contributed by atoms with Gasteiger partial charge in [-0.05, 0) is 25.8 Å². The molecule has 0 bridgehead atoms. The number of nitrogens with zero attached hydrogens (tertiary/aromatic N) is 1. The van der Waals surface area contributed by atoms with Crippen molar-refractivity contribution in [2.24, 2.45) is 5.41 Å². The first kappa shape index (κ1) is 14.0. The number of carbonyl (C=O) groups is 3. The Balaban J connectivity index is 2.14. The number of hydrogen-bond acceptors (Lipinski definition) is 4. The van der Waals surface area contributed by atoms with E-state index < -0.39 is 5.41 Å². The van der Waals surface area contributed by atoms with Gasteiger partial charge >= 0.3 is 0 Å². The van der Waals surface area contributed by atoms with Crippen LogP contribution >= 0.6 is 0 Å². The van der Waals surface area contributed by atoms with Crippen molar-refractivity contribution in [3.63, 3.8) is 0 Å². The fourth-order valence-electron chi connectivity index (χ4n) is 3.07. The zero-order valence-electron chi connectivity index (χ0n) is 11.3. The normalized spacial score (nSPS) is 28.2. The number of piperidine rings is 1. The summed E-state index contributed by atoms with van der Waals surface area (Å²) in [5.74, 6) is -0.829. The Morgan fingerprint density at radius 3 is 2.53 bits per heavy atom. The van der Waals surface area contributed by atoms with Gasteiger partial charge in [-0.1, -0.05) is 13.3 Å². The predicted octanol–water partition coefficient (Wildman–Crippen LogP) is -0.359. The first-order chi connectivity index (χ1) is 9.07. The minimum Gasteiger partial charge on any atom is -0.324 e. The molecule has 19 heavy (non-hydrogen) atoms. The van der Waals surface area contributed by atoms with Crippen molar-refractivity contribution in [1.29, 1.82) is 0 Å². The molecule has 1 atom stereocenters. The second-order valence-electron chi connectivity index (χ2n) is 5.44. The molecule has 3 amide bonds. The Morgan fingerprint density at radius 1 is 1.32 bits per heavy atom. The molecule has 2 N–H and O–H groups in total. The van der Waals surface area contributed by atoms with Crippen molar-refractivity contribution in [1.82, 2.24) is 15.5 Å². The van der Waals surface area contributed by atoms with E-state index in [0.717, 1.165) is 32.2 Å². The van der Waals surface area contributed by atoms with Crippen LogP contribution in [0.2, 0.25) is 0 Å². The third-order valence-corrected chi connectivity index (χ3v) is 3.89. The molecule has 0 aromatic heterocycles. The summed E-state index contributed by atoms with van der Waals surface area (Å²) in [4.78, 5) is 36.9. The minimum absolute atomic E-state index is 0.00393. The van der Waals surface area contributed by atoms with E-state index in [0.29, 0.717) is 6.54 Å². The average Bonchev–Trinajstić information content (AvgIpc) is 2.38. The van der Waals surface area contributed by atoms with Gasteiger partial charge in [-0.2, -0.15) is 0 Å². The number of carbonyl (C=O) groups excluding carboxylic acids is 3. The highest BCUT2D eigenvalue weighted by Gasteiger charge is 2.43. The van der Waals surface area contributed by atoms with Crippen LogP contribution in [0.25, 0.3) is 0 Å². The topological polar surface area (TPSA) is 78.5 Å². The quantitative estimate of drug-likeness (QED) is 0.685. The van der Waals surface area contributed by atoms with E-state index in [2.05, 4.69) is 17.6 Å². The summed E-state index contributed by atoms with van der Waals surface area (Å²) in [6.07, 6.45) is 3.51. The predicted molar refractivity (Wildman–Crippen MR) is 69.2 cm³/mol. The average molecular weight is 267 g/mol. The van der Waals surface area contributed by atoms with Crippen LogP contribution in [-0.4, -0.2) is 48.8 Å². The molecule has 0 aliphatic carbocycles. The minimum atomic E-state index is -0.440. The largest absolute Gasteiger partial charge is 0.324 e. The van der Waals surface area contributed by atoms with Crippen LogP contribution in [0.4, 0.5) is 0 Å². The van der Waals surface area contributed by atoms with E-state index in [1.165, 1.54) is 4.90 Å².